The molecule has 0 atom stereocenters. The summed E-state index contributed by atoms with van der Waals surface area (Å²) in [4.78, 5) is 11.9. The van der Waals surface area contributed by atoms with Gasteiger partial charge in [0.2, 0.25) is 0 Å². The van der Waals surface area contributed by atoms with E-state index in [4.69, 9.17) is 0 Å². The number of hydrogen-bond acceptors (Lipinski definition) is 2. The van der Waals surface area contributed by atoms with Crippen molar-refractivity contribution in [3.8, 4) is 0 Å². The van der Waals surface area contributed by atoms with Gasteiger partial charge in [0.25, 0.3) is 0 Å². The van der Waals surface area contributed by atoms with Crippen molar-refractivity contribution in [2.24, 2.45) is 0 Å². The number of pyridine rings is 1. The van der Waals surface area contributed by atoms with Crippen LogP contribution in [0.15, 0.2) is 12.1 Å². The first-order valence-electron chi connectivity index (χ1n) is 4.50. The van der Waals surface area contributed by atoms with Gasteiger partial charge in [-0.15, -0.1) is 0 Å². The van der Waals surface area contributed by atoms with E-state index in [0.29, 0.717) is 5.92 Å². The number of rotatable bonds is 1. The maximum Gasteiger partial charge on any atom is 0.177 e. The number of aromatic amines is 1. The fraction of sp³-hybridized carbons (Fsp3) is 0.400. The third kappa shape index (κ3) is 1.41. The molecule has 0 unspecified atom stereocenters. The molecule has 2 aromatic rings. The Hall–Kier alpha value is -1.38. The molecule has 0 aliphatic carbocycles. The first-order chi connectivity index (χ1) is 6.16. The standard InChI is InChI=1S/C10H13N3/c1-6(2)8-4-5-9-10(13-8)12-7(3)11-9/h4-6H,1-3H3,(H,11,12,13). The van der Waals surface area contributed by atoms with Crippen LogP contribution < -0.4 is 0 Å². The molecule has 0 amide bonds. The molecule has 0 bridgehead atoms. The van der Waals surface area contributed by atoms with Gasteiger partial charge in [0.15, 0.2) is 5.65 Å². The maximum absolute atomic E-state index is 4.45. The molecule has 2 rings (SSSR count). The topological polar surface area (TPSA) is 41.6 Å². The van der Waals surface area contributed by atoms with Gasteiger partial charge in [-0.1, -0.05) is 13.8 Å². The highest BCUT2D eigenvalue weighted by Gasteiger charge is 2.04. The van der Waals surface area contributed by atoms with Crippen LogP contribution in [0.4, 0.5) is 0 Å². The SMILES string of the molecule is Cc1nc2nc(C(C)C)ccc2[nH]1. The number of nitrogens with one attached hydrogen (secondary N) is 1. The highest BCUT2D eigenvalue weighted by Crippen LogP contribution is 2.15. The number of aryl methyl sites for hydroxylation is 1. The molecule has 3 heteroatoms. The van der Waals surface area contributed by atoms with Crippen molar-refractivity contribution < 1.29 is 0 Å². The molecule has 0 aliphatic rings. The predicted molar refractivity (Wildman–Crippen MR) is 52.7 cm³/mol. The molecular weight excluding hydrogens is 162 g/mol. The minimum Gasteiger partial charge on any atom is -0.341 e. The molecule has 1 N–H and O–H groups in total. The minimum absolute atomic E-state index is 0.460. The molecular formula is C10H13N3. The number of fused-ring (bicyclic) bond motifs is 1. The Labute approximate surface area is 77.2 Å². The lowest BCUT2D eigenvalue weighted by Gasteiger charge is -2.01. The fourth-order valence-corrected chi connectivity index (χ4v) is 1.35. The Bertz CT molecular complexity index is 429. The number of imidazole rings is 1. The van der Waals surface area contributed by atoms with Gasteiger partial charge in [-0.3, -0.25) is 0 Å². The lowest BCUT2D eigenvalue weighted by Crippen LogP contribution is -1.91. The largest absolute Gasteiger partial charge is 0.341 e. The summed E-state index contributed by atoms with van der Waals surface area (Å²) in [5.74, 6) is 1.38. The fourth-order valence-electron chi connectivity index (χ4n) is 1.35. The second kappa shape index (κ2) is 2.83. The lowest BCUT2D eigenvalue weighted by molar-refractivity contribution is 0.828. The minimum atomic E-state index is 0.460. The van der Waals surface area contributed by atoms with E-state index in [1.54, 1.807) is 0 Å². The number of aromatic nitrogens is 3. The molecule has 0 saturated heterocycles. The van der Waals surface area contributed by atoms with Gasteiger partial charge in [0.05, 0.1) is 5.52 Å². The first kappa shape index (κ1) is 8.23. The van der Waals surface area contributed by atoms with Crippen molar-refractivity contribution in [2.75, 3.05) is 0 Å². The van der Waals surface area contributed by atoms with Gasteiger partial charge >= 0.3 is 0 Å². The van der Waals surface area contributed by atoms with Crippen molar-refractivity contribution in [2.45, 2.75) is 26.7 Å². The lowest BCUT2D eigenvalue weighted by atomic mass is 10.1. The molecule has 3 nitrogen and oxygen atoms in total. The highest BCUT2D eigenvalue weighted by molar-refractivity contribution is 5.70. The maximum atomic E-state index is 4.45. The summed E-state index contributed by atoms with van der Waals surface area (Å²) in [6.07, 6.45) is 0. The average Bonchev–Trinajstić information content (AvgIpc) is 2.42. The third-order valence-electron chi connectivity index (χ3n) is 2.08. The molecule has 0 saturated carbocycles. The van der Waals surface area contributed by atoms with Crippen LogP contribution in [0.5, 0.6) is 0 Å². The quantitative estimate of drug-likeness (QED) is 0.723. The summed E-state index contributed by atoms with van der Waals surface area (Å²) in [6, 6.07) is 4.09. The molecule has 0 aliphatic heterocycles. The summed E-state index contributed by atoms with van der Waals surface area (Å²) >= 11 is 0. The molecule has 2 heterocycles. The first-order valence-corrected chi connectivity index (χ1v) is 4.50. The van der Waals surface area contributed by atoms with Crippen LogP contribution in [0.25, 0.3) is 11.2 Å². The zero-order chi connectivity index (χ0) is 9.42. The van der Waals surface area contributed by atoms with Crippen molar-refractivity contribution in [3.63, 3.8) is 0 Å². The molecule has 0 spiro atoms. The van der Waals surface area contributed by atoms with Crippen molar-refractivity contribution >= 4 is 11.2 Å². The molecule has 68 valence electrons. The van der Waals surface area contributed by atoms with Crippen molar-refractivity contribution in [1.82, 2.24) is 15.0 Å². The van der Waals surface area contributed by atoms with Crippen molar-refractivity contribution in [3.05, 3.63) is 23.7 Å². The van der Waals surface area contributed by atoms with E-state index >= 15 is 0 Å². The Kier molecular flexibility index (Phi) is 1.79. The van der Waals surface area contributed by atoms with E-state index in [2.05, 4.69) is 28.8 Å². The van der Waals surface area contributed by atoms with Crippen LogP contribution in [0.3, 0.4) is 0 Å². The van der Waals surface area contributed by atoms with Crippen LogP contribution in [-0.4, -0.2) is 15.0 Å². The highest BCUT2D eigenvalue weighted by atomic mass is 15.0. The van der Waals surface area contributed by atoms with E-state index < -0.39 is 0 Å². The van der Waals surface area contributed by atoms with Crippen LogP contribution in [0.2, 0.25) is 0 Å². The molecule has 0 aromatic carbocycles. The summed E-state index contributed by atoms with van der Waals surface area (Å²) in [6.45, 7) is 6.21. The van der Waals surface area contributed by atoms with E-state index in [0.717, 1.165) is 22.7 Å². The third-order valence-corrected chi connectivity index (χ3v) is 2.08. The summed E-state index contributed by atoms with van der Waals surface area (Å²) < 4.78 is 0. The van der Waals surface area contributed by atoms with Gasteiger partial charge in [-0.25, -0.2) is 9.97 Å². The molecule has 2 aromatic heterocycles. The Morgan fingerprint density at radius 3 is 2.69 bits per heavy atom. The van der Waals surface area contributed by atoms with Crippen molar-refractivity contribution in [1.29, 1.82) is 0 Å². The second-order valence-corrected chi connectivity index (χ2v) is 3.58. The van der Waals surface area contributed by atoms with Gasteiger partial charge in [-0.05, 0) is 25.0 Å². The normalized spacial score (nSPS) is 11.4. The monoisotopic (exact) mass is 175 g/mol. The zero-order valence-corrected chi connectivity index (χ0v) is 8.13. The Morgan fingerprint density at radius 2 is 2.00 bits per heavy atom. The van der Waals surface area contributed by atoms with Gasteiger partial charge in [-0.2, -0.15) is 0 Å². The Balaban J connectivity index is 2.61. The number of hydrogen-bond donors (Lipinski definition) is 1. The average molecular weight is 175 g/mol. The molecule has 0 fully saturated rings. The molecule has 0 radical (unpaired) electrons. The van der Waals surface area contributed by atoms with Gasteiger partial charge in [0, 0.05) is 5.69 Å². The number of H-pyrrole nitrogens is 1. The predicted octanol–water partition coefficient (Wildman–Crippen LogP) is 2.39. The molecule has 13 heavy (non-hydrogen) atoms. The van der Waals surface area contributed by atoms with Gasteiger partial charge < -0.3 is 4.98 Å². The summed E-state index contributed by atoms with van der Waals surface area (Å²) in [5, 5.41) is 0. The smallest absolute Gasteiger partial charge is 0.177 e. The van der Waals surface area contributed by atoms with Crippen LogP contribution in [-0.2, 0) is 0 Å². The zero-order valence-electron chi connectivity index (χ0n) is 8.13. The van der Waals surface area contributed by atoms with E-state index in [1.165, 1.54) is 0 Å². The van der Waals surface area contributed by atoms with Gasteiger partial charge in [0.1, 0.15) is 5.82 Å². The van der Waals surface area contributed by atoms with E-state index in [9.17, 15) is 0 Å². The summed E-state index contributed by atoms with van der Waals surface area (Å²) in [7, 11) is 0. The van der Waals surface area contributed by atoms with Crippen LogP contribution >= 0.6 is 0 Å². The summed E-state index contributed by atoms with van der Waals surface area (Å²) in [5.41, 5.74) is 2.93. The van der Waals surface area contributed by atoms with Crippen LogP contribution in [0, 0.1) is 6.92 Å². The number of nitrogens with zero attached hydrogens (tertiary/aromatic N) is 2. The van der Waals surface area contributed by atoms with E-state index in [1.807, 2.05) is 19.1 Å². The second-order valence-electron chi connectivity index (χ2n) is 3.58. The Morgan fingerprint density at radius 1 is 1.23 bits per heavy atom. The van der Waals surface area contributed by atoms with Crippen LogP contribution in [0.1, 0.15) is 31.3 Å². The van der Waals surface area contributed by atoms with E-state index in [-0.39, 0.29) is 0 Å².